The maximum absolute atomic E-state index is 4.60. The van der Waals surface area contributed by atoms with Crippen LogP contribution in [0.5, 0.6) is 0 Å². The van der Waals surface area contributed by atoms with E-state index in [-0.39, 0.29) is 0 Å². The molecular weight excluding hydrogens is 308 g/mol. The molecule has 0 amide bonds. The monoisotopic (exact) mass is 331 g/mol. The van der Waals surface area contributed by atoms with Crippen molar-refractivity contribution in [3.63, 3.8) is 0 Å². The van der Waals surface area contributed by atoms with Crippen molar-refractivity contribution in [2.45, 2.75) is 26.2 Å². The van der Waals surface area contributed by atoms with Gasteiger partial charge in [-0.05, 0) is 17.5 Å². The van der Waals surface area contributed by atoms with Gasteiger partial charge in [0.2, 0.25) is 0 Å². The second kappa shape index (κ2) is 8.73. The quantitative estimate of drug-likeness (QED) is 0.465. The van der Waals surface area contributed by atoms with Gasteiger partial charge in [-0.25, -0.2) is 0 Å². The van der Waals surface area contributed by atoms with Crippen LogP contribution >= 0.6 is 0 Å². The summed E-state index contributed by atoms with van der Waals surface area (Å²) in [6, 6.07) is 20.2. The Morgan fingerprint density at radius 2 is 1.56 bits per heavy atom. The van der Waals surface area contributed by atoms with Crippen molar-refractivity contribution < 1.29 is 4.68 Å². The number of aromatic nitrogens is 2. The SMILES string of the molecule is CCCCc1n(N=Cc2ccccc2)cc[n+]1N=Cc1ccccc1. The second-order valence-electron chi connectivity index (χ2n) is 5.82. The summed E-state index contributed by atoms with van der Waals surface area (Å²) in [6.45, 7) is 2.19. The molecule has 3 aromatic rings. The fourth-order valence-corrected chi connectivity index (χ4v) is 2.51. The first-order chi connectivity index (χ1) is 12.4. The molecular formula is C21H23N4+. The first-order valence-electron chi connectivity index (χ1n) is 8.67. The van der Waals surface area contributed by atoms with Crippen LogP contribution in [0.1, 0.15) is 36.7 Å². The first-order valence-corrected chi connectivity index (χ1v) is 8.67. The summed E-state index contributed by atoms with van der Waals surface area (Å²) in [5, 5.41) is 9.20. The molecule has 0 spiro atoms. The van der Waals surface area contributed by atoms with E-state index >= 15 is 0 Å². The van der Waals surface area contributed by atoms with Crippen LogP contribution in [-0.4, -0.2) is 17.1 Å². The molecule has 0 saturated heterocycles. The Hall–Kier alpha value is -3.01. The topological polar surface area (TPSA) is 33.5 Å². The van der Waals surface area contributed by atoms with E-state index in [1.54, 1.807) is 0 Å². The van der Waals surface area contributed by atoms with Crippen LogP contribution in [0, 0.1) is 0 Å². The van der Waals surface area contributed by atoms with Crippen LogP contribution in [-0.2, 0) is 6.42 Å². The van der Waals surface area contributed by atoms with Crippen molar-refractivity contribution in [3.05, 3.63) is 90.0 Å². The highest BCUT2D eigenvalue weighted by Crippen LogP contribution is 2.03. The summed E-state index contributed by atoms with van der Waals surface area (Å²) in [4.78, 5) is 0. The summed E-state index contributed by atoms with van der Waals surface area (Å²) < 4.78 is 3.82. The third kappa shape index (κ3) is 4.73. The minimum atomic E-state index is 0.932. The number of hydrogen-bond donors (Lipinski definition) is 0. The molecule has 25 heavy (non-hydrogen) atoms. The summed E-state index contributed by atoms with van der Waals surface area (Å²) in [7, 11) is 0. The van der Waals surface area contributed by atoms with Gasteiger partial charge >= 0.3 is 5.82 Å². The first kappa shape index (κ1) is 16.8. The minimum absolute atomic E-state index is 0.932. The summed E-state index contributed by atoms with van der Waals surface area (Å²) in [6.07, 6.45) is 10.8. The van der Waals surface area contributed by atoms with Crippen molar-refractivity contribution in [2.24, 2.45) is 10.2 Å². The molecule has 4 heteroatoms. The van der Waals surface area contributed by atoms with Crippen LogP contribution in [0.2, 0.25) is 0 Å². The van der Waals surface area contributed by atoms with Gasteiger partial charge < -0.3 is 0 Å². The standard InChI is InChI=1S/C21H23N4/c1-2-3-14-21-24(22-17-19-10-6-4-7-11-19)15-16-25(21)23-18-20-12-8-5-9-13-20/h4-13,15-18H,2-3,14H2,1H3/q+1. The highest BCUT2D eigenvalue weighted by molar-refractivity contribution is 5.79. The zero-order chi connectivity index (χ0) is 17.3. The molecule has 0 atom stereocenters. The van der Waals surface area contributed by atoms with E-state index in [1.165, 1.54) is 0 Å². The lowest BCUT2D eigenvalue weighted by molar-refractivity contribution is -0.685. The van der Waals surface area contributed by atoms with E-state index in [2.05, 4.69) is 17.1 Å². The maximum atomic E-state index is 4.60. The lowest BCUT2D eigenvalue weighted by Crippen LogP contribution is -2.31. The zero-order valence-corrected chi connectivity index (χ0v) is 14.5. The molecule has 0 fully saturated rings. The van der Waals surface area contributed by atoms with Crippen molar-refractivity contribution >= 4 is 12.4 Å². The van der Waals surface area contributed by atoms with Crippen molar-refractivity contribution in [2.75, 3.05) is 0 Å². The van der Waals surface area contributed by atoms with Gasteiger partial charge in [0, 0.05) is 0 Å². The number of imidazole rings is 1. The Labute approximate surface area is 148 Å². The third-order valence-electron chi connectivity index (χ3n) is 3.89. The molecule has 0 aliphatic carbocycles. The van der Waals surface area contributed by atoms with Crippen molar-refractivity contribution in [1.82, 2.24) is 4.68 Å². The lowest BCUT2D eigenvalue weighted by Gasteiger charge is -1.97. The summed E-state index contributed by atoms with van der Waals surface area (Å²) in [5.41, 5.74) is 2.16. The Bertz CT molecular complexity index is 766. The van der Waals surface area contributed by atoms with Crippen molar-refractivity contribution in [3.8, 4) is 0 Å². The molecule has 0 bridgehead atoms. The maximum Gasteiger partial charge on any atom is 0.307 e. The van der Waals surface area contributed by atoms with Crippen LogP contribution in [0.3, 0.4) is 0 Å². The summed E-state index contributed by atoms with van der Waals surface area (Å²) >= 11 is 0. The van der Waals surface area contributed by atoms with Gasteiger partial charge in [-0.3, -0.25) is 0 Å². The van der Waals surface area contributed by atoms with E-state index in [1.807, 2.05) is 94.8 Å². The Balaban J connectivity index is 1.85. The van der Waals surface area contributed by atoms with Crippen molar-refractivity contribution in [1.29, 1.82) is 0 Å². The fraction of sp³-hybridized carbons (Fsp3) is 0.190. The van der Waals surface area contributed by atoms with E-state index in [0.29, 0.717) is 0 Å². The number of hydrogen-bond acceptors (Lipinski definition) is 2. The van der Waals surface area contributed by atoms with Gasteiger partial charge in [-0.1, -0.05) is 84.2 Å². The molecule has 1 heterocycles. The van der Waals surface area contributed by atoms with Gasteiger partial charge in [0.25, 0.3) is 0 Å². The van der Waals surface area contributed by atoms with Crippen LogP contribution < -0.4 is 4.68 Å². The molecule has 0 saturated carbocycles. The molecule has 4 nitrogen and oxygen atoms in total. The van der Waals surface area contributed by atoms with Crippen LogP contribution in [0.15, 0.2) is 83.3 Å². The average Bonchev–Trinajstić information content (AvgIpc) is 3.06. The molecule has 2 aromatic carbocycles. The predicted molar refractivity (Wildman–Crippen MR) is 102 cm³/mol. The van der Waals surface area contributed by atoms with E-state index in [4.69, 9.17) is 0 Å². The molecule has 0 N–H and O–H groups in total. The number of benzene rings is 2. The fourth-order valence-electron chi connectivity index (χ4n) is 2.51. The zero-order valence-electron chi connectivity index (χ0n) is 14.5. The van der Waals surface area contributed by atoms with Gasteiger partial charge in [-0.15, -0.1) is 9.35 Å². The summed E-state index contributed by atoms with van der Waals surface area (Å²) in [5.74, 6) is 1.07. The van der Waals surface area contributed by atoms with Gasteiger partial charge in [0.1, 0.15) is 0 Å². The minimum Gasteiger partial charge on any atom is -0.103 e. The van der Waals surface area contributed by atoms with Gasteiger partial charge in [0.15, 0.2) is 12.4 Å². The molecule has 0 unspecified atom stereocenters. The van der Waals surface area contributed by atoms with Crippen LogP contribution in [0.25, 0.3) is 0 Å². The van der Waals surface area contributed by atoms with Gasteiger partial charge in [-0.2, -0.15) is 0 Å². The molecule has 126 valence electrons. The van der Waals surface area contributed by atoms with E-state index < -0.39 is 0 Å². The Morgan fingerprint density at radius 1 is 0.920 bits per heavy atom. The lowest BCUT2D eigenvalue weighted by atomic mass is 10.2. The molecule has 3 rings (SSSR count). The highest BCUT2D eigenvalue weighted by atomic mass is 15.5. The number of rotatable bonds is 7. The molecule has 1 aromatic heterocycles. The molecule has 0 radical (unpaired) electrons. The molecule has 0 aliphatic heterocycles. The number of unbranched alkanes of at least 4 members (excludes halogenated alkanes) is 1. The number of nitrogens with zero attached hydrogens (tertiary/aromatic N) is 4. The Kier molecular flexibility index (Phi) is 5.88. The van der Waals surface area contributed by atoms with E-state index in [0.717, 1.165) is 36.2 Å². The Morgan fingerprint density at radius 3 is 2.20 bits per heavy atom. The second-order valence-corrected chi connectivity index (χ2v) is 5.82. The van der Waals surface area contributed by atoms with Gasteiger partial charge in [0.05, 0.1) is 18.9 Å². The third-order valence-corrected chi connectivity index (χ3v) is 3.89. The largest absolute Gasteiger partial charge is 0.307 e. The normalized spacial score (nSPS) is 11.6. The highest BCUT2D eigenvalue weighted by Gasteiger charge is 2.16. The predicted octanol–water partition coefficient (Wildman–Crippen LogP) is 3.88. The molecule has 0 aliphatic rings. The average molecular weight is 331 g/mol. The smallest absolute Gasteiger partial charge is 0.103 e. The van der Waals surface area contributed by atoms with E-state index in [9.17, 15) is 0 Å². The van der Waals surface area contributed by atoms with Crippen LogP contribution in [0.4, 0.5) is 0 Å².